The van der Waals surface area contributed by atoms with E-state index < -0.39 is 16.7 Å². The van der Waals surface area contributed by atoms with Crippen LogP contribution in [0.4, 0.5) is 5.69 Å². The molecule has 0 aliphatic carbocycles. The second-order valence-corrected chi connectivity index (χ2v) is 4.35. The summed E-state index contributed by atoms with van der Waals surface area (Å²) in [5, 5.41) is 31.5. The standard InChI is InChI=1S/C14H9N3O4/c18-11-7-12(19)16-14(15-11)13-9-4-2-1-3-8(9)5-6-10(13)17(20)21/h1-7H,(H2,15,16,18,19). The summed E-state index contributed by atoms with van der Waals surface area (Å²) >= 11 is 0. The van der Waals surface area contributed by atoms with Crippen molar-refractivity contribution in [2.24, 2.45) is 0 Å². The average molecular weight is 283 g/mol. The van der Waals surface area contributed by atoms with E-state index in [0.717, 1.165) is 11.5 Å². The van der Waals surface area contributed by atoms with Gasteiger partial charge < -0.3 is 10.2 Å². The van der Waals surface area contributed by atoms with Crippen molar-refractivity contribution in [3.05, 3.63) is 52.6 Å². The van der Waals surface area contributed by atoms with Crippen LogP contribution in [0.1, 0.15) is 0 Å². The van der Waals surface area contributed by atoms with Crippen molar-refractivity contribution in [3.8, 4) is 23.1 Å². The van der Waals surface area contributed by atoms with E-state index in [0.29, 0.717) is 5.39 Å². The molecule has 7 nitrogen and oxygen atoms in total. The van der Waals surface area contributed by atoms with Gasteiger partial charge in [0.05, 0.1) is 11.0 Å². The molecule has 2 N–H and O–H groups in total. The highest BCUT2D eigenvalue weighted by Crippen LogP contribution is 2.36. The molecule has 2 aromatic carbocycles. The molecule has 0 atom stereocenters. The lowest BCUT2D eigenvalue weighted by molar-refractivity contribution is -0.384. The lowest BCUT2D eigenvalue weighted by atomic mass is 10.0. The van der Waals surface area contributed by atoms with Gasteiger partial charge in [0.25, 0.3) is 5.69 Å². The van der Waals surface area contributed by atoms with Crippen LogP contribution in [-0.2, 0) is 0 Å². The Bertz CT molecular complexity index is 844. The highest BCUT2D eigenvalue weighted by Gasteiger charge is 2.21. The summed E-state index contributed by atoms with van der Waals surface area (Å²) in [6, 6.07) is 11.0. The van der Waals surface area contributed by atoms with Crippen molar-refractivity contribution in [2.45, 2.75) is 0 Å². The van der Waals surface area contributed by atoms with Gasteiger partial charge in [-0.15, -0.1) is 0 Å². The summed E-state index contributed by atoms with van der Waals surface area (Å²) in [6.45, 7) is 0. The zero-order valence-corrected chi connectivity index (χ0v) is 10.6. The van der Waals surface area contributed by atoms with Crippen molar-refractivity contribution in [1.82, 2.24) is 9.97 Å². The quantitative estimate of drug-likeness (QED) is 0.552. The monoisotopic (exact) mass is 283 g/mol. The zero-order chi connectivity index (χ0) is 15.0. The first kappa shape index (κ1) is 12.8. The summed E-state index contributed by atoms with van der Waals surface area (Å²) in [5.74, 6) is -1.02. The summed E-state index contributed by atoms with van der Waals surface area (Å²) in [6.07, 6.45) is 0. The predicted octanol–water partition coefficient (Wildman–Crippen LogP) is 2.62. The molecule has 7 heteroatoms. The Kier molecular flexibility index (Phi) is 2.87. The molecule has 1 heterocycles. The Balaban J connectivity index is 2.43. The van der Waals surface area contributed by atoms with Gasteiger partial charge in [0, 0.05) is 6.07 Å². The molecular weight excluding hydrogens is 274 g/mol. The molecule has 0 aliphatic heterocycles. The normalized spacial score (nSPS) is 10.7. The Morgan fingerprint density at radius 1 is 1.00 bits per heavy atom. The first-order valence-electron chi connectivity index (χ1n) is 6.00. The van der Waals surface area contributed by atoms with Crippen molar-refractivity contribution >= 4 is 16.5 Å². The maximum Gasteiger partial charge on any atom is 0.281 e. The third-order valence-corrected chi connectivity index (χ3v) is 3.03. The van der Waals surface area contributed by atoms with Gasteiger partial charge in [-0.25, -0.2) is 0 Å². The van der Waals surface area contributed by atoms with Crippen LogP contribution in [0.15, 0.2) is 42.5 Å². The van der Waals surface area contributed by atoms with E-state index in [1.54, 1.807) is 30.3 Å². The molecule has 0 fully saturated rings. The number of nitrogens with zero attached hydrogens (tertiary/aromatic N) is 3. The first-order valence-corrected chi connectivity index (χ1v) is 6.00. The predicted molar refractivity (Wildman–Crippen MR) is 75.0 cm³/mol. The van der Waals surface area contributed by atoms with E-state index >= 15 is 0 Å². The van der Waals surface area contributed by atoms with Crippen molar-refractivity contribution in [1.29, 1.82) is 0 Å². The van der Waals surface area contributed by atoms with Crippen LogP contribution in [0, 0.1) is 10.1 Å². The summed E-state index contributed by atoms with van der Waals surface area (Å²) in [4.78, 5) is 18.2. The van der Waals surface area contributed by atoms with Gasteiger partial charge in [0.15, 0.2) is 5.82 Å². The third-order valence-electron chi connectivity index (χ3n) is 3.03. The smallest absolute Gasteiger partial charge is 0.281 e. The molecule has 1 aromatic heterocycles. The lowest BCUT2D eigenvalue weighted by Gasteiger charge is -2.07. The number of nitro benzene ring substituents is 1. The Hall–Kier alpha value is -3.22. The van der Waals surface area contributed by atoms with Crippen molar-refractivity contribution in [2.75, 3.05) is 0 Å². The van der Waals surface area contributed by atoms with Gasteiger partial charge in [-0.1, -0.05) is 24.3 Å². The summed E-state index contributed by atoms with van der Waals surface area (Å²) < 4.78 is 0. The Morgan fingerprint density at radius 3 is 2.33 bits per heavy atom. The topological polar surface area (TPSA) is 109 Å². The molecule has 0 aliphatic rings. The van der Waals surface area contributed by atoms with Crippen molar-refractivity contribution < 1.29 is 15.1 Å². The fourth-order valence-electron chi connectivity index (χ4n) is 2.18. The summed E-state index contributed by atoms with van der Waals surface area (Å²) in [7, 11) is 0. The van der Waals surface area contributed by atoms with E-state index in [9.17, 15) is 20.3 Å². The number of aromatic hydroxyl groups is 2. The number of hydrogen-bond acceptors (Lipinski definition) is 6. The minimum Gasteiger partial charge on any atom is -0.493 e. The molecule has 0 unspecified atom stereocenters. The molecule has 0 amide bonds. The van der Waals surface area contributed by atoms with Gasteiger partial charge in [0.2, 0.25) is 11.8 Å². The molecule has 0 radical (unpaired) electrons. The number of aromatic nitrogens is 2. The largest absolute Gasteiger partial charge is 0.493 e. The SMILES string of the molecule is O=[N+]([O-])c1ccc2ccccc2c1-c1nc(O)cc(O)n1. The Labute approximate surface area is 118 Å². The highest BCUT2D eigenvalue weighted by atomic mass is 16.6. The van der Waals surface area contributed by atoms with Gasteiger partial charge >= 0.3 is 0 Å². The molecular formula is C14H9N3O4. The minimum atomic E-state index is -0.549. The maximum absolute atomic E-state index is 11.2. The van der Waals surface area contributed by atoms with E-state index in [2.05, 4.69) is 9.97 Å². The number of benzene rings is 2. The first-order chi connectivity index (χ1) is 10.1. The van der Waals surface area contributed by atoms with Crippen LogP contribution < -0.4 is 0 Å². The van der Waals surface area contributed by atoms with Crippen LogP contribution in [0.2, 0.25) is 0 Å². The van der Waals surface area contributed by atoms with Crippen LogP contribution in [0.5, 0.6) is 11.8 Å². The number of nitro groups is 1. The van der Waals surface area contributed by atoms with Crippen molar-refractivity contribution in [3.63, 3.8) is 0 Å². The fourth-order valence-corrected chi connectivity index (χ4v) is 2.18. The zero-order valence-electron chi connectivity index (χ0n) is 10.6. The maximum atomic E-state index is 11.2. The number of hydrogen-bond donors (Lipinski definition) is 2. The minimum absolute atomic E-state index is 0.101. The van der Waals surface area contributed by atoms with Gasteiger partial charge in [0.1, 0.15) is 5.56 Å². The van der Waals surface area contributed by atoms with Crippen LogP contribution in [0.25, 0.3) is 22.2 Å². The molecule has 3 aromatic rings. The molecule has 0 bridgehead atoms. The van der Waals surface area contributed by atoms with Crippen LogP contribution in [0.3, 0.4) is 0 Å². The molecule has 0 saturated heterocycles. The average Bonchev–Trinajstić information content (AvgIpc) is 2.44. The molecule has 0 saturated carbocycles. The molecule has 0 spiro atoms. The van der Waals surface area contributed by atoms with Gasteiger partial charge in [-0.05, 0) is 16.8 Å². The molecule has 104 valence electrons. The van der Waals surface area contributed by atoms with Crippen LogP contribution in [-0.4, -0.2) is 25.1 Å². The summed E-state index contributed by atoms with van der Waals surface area (Å²) in [5.41, 5.74) is -0.0389. The Morgan fingerprint density at radius 2 is 1.67 bits per heavy atom. The van der Waals surface area contributed by atoms with Gasteiger partial charge in [-0.2, -0.15) is 9.97 Å². The molecule has 3 rings (SSSR count). The van der Waals surface area contributed by atoms with Crippen LogP contribution >= 0.6 is 0 Å². The number of rotatable bonds is 2. The van der Waals surface area contributed by atoms with Gasteiger partial charge in [-0.3, -0.25) is 10.1 Å². The van der Waals surface area contributed by atoms with E-state index in [-0.39, 0.29) is 17.1 Å². The third kappa shape index (κ3) is 2.20. The van der Waals surface area contributed by atoms with E-state index in [4.69, 9.17) is 0 Å². The second kappa shape index (κ2) is 4.71. The number of fused-ring (bicyclic) bond motifs is 1. The molecule has 21 heavy (non-hydrogen) atoms. The highest BCUT2D eigenvalue weighted by molar-refractivity contribution is 5.99. The van der Waals surface area contributed by atoms with E-state index in [1.807, 2.05) is 0 Å². The fraction of sp³-hybridized carbons (Fsp3) is 0. The second-order valence-electron chi connectivity index (χ2n) is 4.35. The van der Waals surface area contributed by atoms with E-state index in [1.165, 1.54) is 6.07 Å². The lowest BCUT2D eigenvalue weighted by Crippen LogP contribution is -1.97.